The summed E-state index contributed by atoms with van der Waals surface area (Å²) in [6, 6.07) is 5.93. The maximum atomic E-state index is 13.8. The Morgan fingerprint density at radius 1 is 0.870 bits per heavy atom. The zero-order valence-electron chi connectivity index (χ0n) is 27.1. The Kier molecular flexibility index (Phi) is 20.2. The van der Waals surface area contributed by atoms with Crippen LogP contribution < -0.4 is 49.1 Å². The molecule has 256 valence electrons. The van der Waals surface area contributed by atoms with Crippen LogP contribution in [-0.4, -0.2) is 86.3 Å². The lowest BCUT2D eigenvalue weighted by atomic mass is 9.99. The second-order valence-electron chi connectivity index (χ2n) is 10.7. The van der Waals surface area contributed by atoms with Crippen molar-refractivity contribution in [2.24, 2.45) is 22.2 Å². The Labute approximate surface area is 277 Å². The number of rotatable bonds is 24. The van der Waals surface area contributed by atoms with E-state index in [2.05, 4.69) is 36.9 Å². The van der Waals surface area contributed by atoms with E-state index >= 15 is 0 Å². The van der Waals surface area contributed by atoms with E-state index < -0.39 is 41.9 Å². The summed E-state index contributed by atoms with van der Waals surface area (Å²) in [6.07, 6.45) is 4.63. The Morgan fingerprint density at radius 2 is 1.48 bits per heavy atom. The van der Waals surface area contributed by atoms with Crippen molar-refractivity contribution in [2.75, 3.05) is 27.2 Å². The highest BCUT2D eigenvalue weighted by molar-refractivity contribution is 7.78. The molecule has 0 saturated heterocycles. The summed E-state index contributed by atoms with van der Waals surface area (Å²) in [5, 5.41) is 17.2. The number of ketones is 1. The Bertz CT molecular complexity index is 1160. The van der Waals surface area contributed by atoms with Crippen molar-refractivity contribution in [3.63, 3.8) is 0 Å². The van der Waals surface area contributed by atoms with Crippen LogP contribution in [0.4, 0.5) is 0 Å². The second kappa shape index (κ2) is 23.3. The summed E-state index contributed by atoms with van der Waals surface area (Å²) in [5.41, 5.74) is 19.2. The minimum absolute atomic E-state index is 0.0346. The van der Waals surface area contributed by atoms with E-state index in [-0.39, 0.29) is 31.0 Å². The summed E-state index contributed by atoms with van der Waals surface area (Å²) >= 11 is 4.95. The molecule has 0 aliphatic carbocycles. The van der Waals surface area contributed by atoms with Crippen molar-refractivity contribution in [1.29, 1.82) is 0 Å². The van der Waals surface area contributed by atoms with Crippen molar-refractivity contribution in [3.05, 3.63) is 47.8 Å². The van der Waals surface area contributed by atoms with Crippen LogP contribution in [0.2, 0.25) is 0 Å². The number of benzene rings is 1. The van der Waals surface area contributed by atoms with E-state index in [4.69, 9.17) is 29.4 Å². The first kappa shape index (κ1) is 39.9. The molecular formula is C31H52N10O4S. The van der Waals surface area contributed by atoms with Gasteiger partial charge in [-0.15, -0.1) is 0 Å². The molecule has 46 heavy (non-hydrogen) atoms. The Morgan fingerprint density at radius 3 is 2.07 bits per heavy atom. The van der Waals surface area contributed by atoms with Crippen LogP contribution in [0, 0.1) is 0 Å². The molecule has 0 radical (unpaired) electrons. The molecule has 0 aliphatic rings. The SMILES string of the molecule is CCC(=O)C(Cc1ccccc1)NC(=O)C(CCCCN)NC(=O)C(C/C(=C/NC)NC=S)NC(=O)C(CCCN=C(N)N)NC. The highest BCUT2D eigenvalue weighted by Crippen LogP contribution is 2.10. The average Bonchev–Trinajstić information content (AvgIpc) is 3.03. The quantitative estimate of drug-likeness (QED) is 0.0295. The van der Waals surface area contributed by atoms with Gasteiger partial charge < -0.3 is 49.1 Å². The van der Waals surface area contributed by atoms with Gasteiger partial charge in [-0.25, -0.2) is 0 Å². The molecule has 0 spiro atoms. The normalized spacial score (nSPS) is 13.7. The van der Waals surface area contributed by atoms with Crippen molar-refractivity contribution in [1.82, 2.24) is 31.9 Å². The van der Waals surface area contributed by atoms with E-state index in [1.54, 1.807) is 27.2 Å². The summed E-state index contributed by atoms with van der Waals surface area (Å²) < 4.78 is 0. The largest absolute Gasteiger partial charge is 0.393 e. The lowest BCUT2D eigenvalue weighted by molar-refractivity contribution is -0.133. The topological polar surface area (TPSA) is 231 Å². The number of carbonyl (C=O) groups is 4. The number of nitrogens with zero attached hydrogens (tertiary/aromatic N) is 1. The molecule has 0 aliphatic heterocycles. The third kappa shape index (κ3) is 15.8. The molecule has 1 rings (SSSR count). The minimum atomic E-state index is -1.08. The molecule has 0 fully saturated rings. The molecule has 14 nitrogen and oxygen atoms in total. The van der Waals surface area contributed by atoms with Gasteiger partial charge in [-0.05, 0) is 57.7 Å². The molecule has 4 atom stereocenters. The standard InChI is InChI=1S/C31H52N10O4S/c1-4-27(42)25(17-21-11-6-5-7-12-21)40-29(44)24(13-8-9-15-32)39-30(45)26(18-22(19-35-2)38-20-46)41-28(43)23(36-3)14-10-16-37-31(33)34/h5-7,11-12,19-20,23-26,35-36H,4,8-10,13-18,32H2,1-3H3,(H,38,46)(H,39,45)(H,40,44)(H,41,43)(H4,33,34,37)/b22-19-. The number of guanidine groups is 1. The maximum absolute atomic E-state index is 13.8. The van der Waals surface area contributed by atoms with Crippen LogP contribution in [0.5, 0.6) is 0 Å². The molecule has 0 saturated carbocycles. The number of nitrogens with two attached hydrogens (primary N) is 3. The second-order valence-corrected chi connectivity index (χ2v) is 10.9. The van der Waals surface area contributed by atoms with Crippen LogP contribution >= 0.6 is 12.2 Å². The lowest BCUT2D eigenvalue weighted by Gasteiger charge is -2.27. The van der Waals surface area contributed by atoms with Crippen LogP contribution in [-0.2, 0) is 25.6 Å². The average molecular weight is 661 g/mol. The van der Waals surface area contributed by atoms with Crippen LogP contribution in [0.25, 0.3) is 0 Å². The number of aliphatic imine (C=N–C) groups is 1. The van der Waals surface area contributed by atoms with Gasteiger partial charge >= 0.3 is 0 Å². The smallest absolute Gasteiger partial charge is 0.243 e. The zero-order valence-corrected chi connectivity index (χ0v) is 28.0. The predicted molar refractivity (Wildman–Crippen MR) is 185 cm³/mol. The number of carbonyl (C=O) groups excluding carboxylic acids is 4. The molecule has 1 aromatic carbocycles. The van der Waals surface area contributed by atoms with E-state index in [1.165, 1.54) is 5.49 Å². The summed E-state index contributed by atoms with van der Waals surface area (Å²) in [6.45, 7) is 2.50. The Hall–Kier alpha value is -4.08. The van der Waals surface area contributed by atoms with Crippen LogP contribution in [0.15, 0.2) is 47.2 Å². The summed E-state index contributed by atoms with van der Waals surface area (Å²) in [7, 11) is 3.33. The van der Waals surface area contributed by atoms with Gasteiger partial charge in [-0.3, -0.25) is 24.2 Å². The number of hydrogen-bond donors (Lipinski definition) is 9. The monoisotopic (exact) mass is 660 g/mol. The van der Waals surface area contributed by atoms with E-state index in [1.807, 2.05) is 30.3 Å². The highest BCUT2D eigenvalue weighted by Gasteiger charge is 2.31. The van der Waals surface area contributed by atoms with Crippen molar-refractivity contribution in [3.8, 4) is 0 Å². The number of unbranched alkanes of at least 4 members (excludes halogenated alkanes) is 1. The fourth-order valence-corrected chi connectivity index (χ4v) is 4.82. The van der Waals surface area contributed by atoms with E-state index in [0.717, 1.165) is 5.56 Å². The molecule has 1 aromatic rings. The first-order valence-corrected chi connectivity index (χ1v) is 16.0. The van der Waals surface area contributed by atoms with Crippen molar-refractivity contribution >= 4 is 47.2 Å². The molecule has 0 bridgehead atoms. The number of likely N-dealkylation sites (N-methyl/N-ethyl adjacent to an activating group) is 1. The molecule has 4 unspecified atom stereocenters. The Balaban J connectivity index is 3.24. The molecule has 3 amide bonds. The van der Waals surface area contributed by atoms with Crippen molar-refractivity contribution in [2.45, 2.75) is 82.5 Å². The lowest BCUT2D eigenvalue weighted by Crippen LogP contribution is -2.57. The van der Waals surface area contributed by atoms with Gasteiger partial charge in [-0.2, -0.15) is 0 Å². The van der Waals surface area contributed by atoms with Crippen LogP contribution in [0.3, 0.4) is 0 Å². The fraction of sp³-hybridized carbons (Fsp3) is 0.548. The molecule has 0 aromatic heterocycles. The zero-order chi connectivity index (χ0) is 34.3. The van der Waals surface area contributed by atoms with E-state index in [9.17, 15) is 19.2 Å². The molecule has 15 heteroatoms. The third-order valence-electron chi connectivity index (χ3n) is 7.15. The number of nitrogens with one attached hydrogen (secondary N) is 6. The van der Waals surface area contributed by atoms with Gasteiger partial charge in [0.25, 0.3) is 0 Å². The van der Waals surface area contributed by atoms with Gasteiger partial charge in [-0.1, -0.05) is 49.5 Å². The van der Waals surface area contributed by atoms with Crippen LogP contribution in [0.1, 0.15) is 57.4 Å². The third-order valence-corrected chi connectivity index (χ3v) is 7.26. The van der Waals surface area contributed by atoms with E-state index in [0.29, 0.717) is 50.9 Å². The van der Waals surface area contributed by atoms with Gasteiger partial charge in [0.15, 0.2) is 11.7 Å². The van der Waals surface area contributed by atoms with Gasteiger partial charge in [0.1, 0.15) is 12.1 Å². The number of Topliss-reactive ketones (excluding diaryl/α,β-unsaturated/α-hetero) is 1. The van der Waals surface area contributed by atoms with Gasteiger partial charge in [0.2, 0.25) is 17.7 Å². The number of hydrogen-bond acceptors (Lipinski definition) is 9. The summed E-state index contributed by atoms with van der Waals surface area (Å²) in [4.78, 5) is 57.5. The molecular weight excluding hydrogens is 608 g/mol. The first-order chi connectivity index (χ1) is 22.1. The van der Waals surface area contributed by atoms with Gasteiger partial charge in [0, 0.05) is 38.3 Å². The first-order valence-electron chi connectivity index (χ1n) is 15.6. The number of amides is 3. The molecule has 0 heterocycles. The maximum Gasteiger partial charge on any atom is 0.243 e. The number of thiocarbonyl (C=S) groups is 1. The highest BCUT2D eigenvalue weighted by atomic mass is 32.1. The summed E-state index contributed by atoms with van der Waals surface area (Å²) in [5.74, 6) is -1.65. The molecule has 12 N–H and O–H groups in total. The fourth-order valence-electron chi connectivity index (χ4n) is 4.67. The van der Waals surface area contributed by atoms with Gasteiger partial charge in [0.05, 0.1) is 17.6 Å². The van der Waals surface area contributed by atoms with Crippen molar-refractivity contribution < 1.29 is 19.2 Å². The predicted octanol–water partition coefficient (Wildman–Crippen LogP) is -0.569. The minimum Gasteiger partial charge on any atom is -0.393 e.